The highest BCUT2D eigenvalue weighted by molar-refractivity contribution is 6.32. The molecule has 0 aliphatic heterocycles. The molecule has 0 amide bonds. The monoisotopic (exact) mass is 309 g/mol. The second kappa shape index (κ2) is 6.91. The molecule has 1 aromatic rings. The van der Waals surface area contributed by atoms with Gasteiger partial charge in [0.1, 0.15) is 5.75 Å². The van der Waals surface area contributed by atoms with Crippen molar-refractivity contribution in [1.82, 2.24) is 0 Å². The Labute approximate surface area is 134 Å². The fourth-order valence-electron chi connectivity index (χ4n) is 3.27. The van der Waals surface area contributed by atoms with Gasteiger partial charge >= 0.3 is 0 Å². The summed E-state index contributed by atoms with van der Waals surface area (Å²) < 4.78 is 5.18. The third-order valence-corrected chi connectivity index (χ3v) is 5.11. The van der Waals surface area contributed by atoms with E-state index >= 15 is 0 Å². The van der Waals surface area contributed by atoms with Gasteiger partial charge in [0.15, 0.2) is 0 Å². The minimum atomic E-state index is 0.460. The number of nitrogens with one attached hydrogen (secondary N) is 1. The first-order valence-electron chi connectivity index (χ1n) is 7.97. The van der Waals surface area contributed by atoms with Gasteiger partial charge in [0.2, 0.25) is 0 Å². The number of ether oxygens (including phenoxy) is 1. The van der Waals surface area contributed by atoms with Crippen molar-refractivity contribution in [2.24, 2.45) is 17.3 Å². The summed E-state index contributed by atoms with van der Waals surface area (Å²) in [4.78, 5) is 0. The minimum Gasteiger partial charge on any atom is -0.495 e. The van der Waals surface area contributed by atoms with Gasteiger partial charge in [0.05, 0.1) is 12.1 Å². The van der Waals surface area contributed by atoms with E-state index in [0.29, 0.717) is 10.4 Å². The van der Waals surface area contributed by atoms with Gasteiger partial charge in [-0.3, -0.25) is 0 Å². The number of rotatable bonds is 4. The van der Waals surface area contributed by atoms with Crippen LogP contribution in [0.1, 0.15) is 46.5 Å². The molecule has 1 aliphatic carbocycles. The van der Waals surface area contributed by atoms with Gasteiger partial charge in [-0.15, -0.1) is 0 Å². The van der Waals surface area contributed by atoms with Crippen LogP contribution < -0.4 is 10.1 Å². The highest BCUT2D eigenvalue weighted by Crippen LogP contribution is 2.39. The number of hydrogen-bond acceptors (Lipinski definition) is 2. The molecule has 0 spiro atoms. The molecule has 1 aliphatic rings. The van der Waals surface area contributed by atoms with Crippen molar-refractivity contribution in [3.8, 4) is 5.75 Å². The van der Waals surface area contributed by atoms with Crippen LogP contribution in [-0.4, -0.2) is 13.7 Å². The Morgan fingerprint density at radius 3 is 2.38 bits per heavy atom. The van der Waals surface area contributed by atoms with Crippen molar-refractivity contribution < 1.29 is 4.74 Å². The molecule has 0 heterocycles. The van der Waals surface area contributed by atoms with Crippen LogP contribution in [0.15, 0.2) is 18.2 Å². The minimum absolute atomic E-state index is 0.460. The van der Waals surface area contributed by atoms with Gasteiger partial charge in [0.25, 0.3) is 0 Å². The van der Waals surface area contributed by atoms with Crippen LogP contribution in [-0.2, 0) is 0 Å². The topological polar surface area (TPSA) is 21.3 Å². The Hall–Kier alpha value is -0.890. The summed E-state index contributed by atoms with van der Waals surface area (Å²) in [6.45, 7) is 8.15. The van der Waals surface area contributed by atoms with Crippen LogP contribution in [0.3, 0.4) is 0 Å². The number of halogens is 1. The fraction of sp³-hybridized carbons (Fsp3) is 0.667. The predicted octanol–water partition coefficient (Wildman–Crippen LogP) is 5.61. The van der Waals surface area contributed by atoms with E-state index in [0.717, 1.165) is 29.8 Å². The number of benzene rings is 1. The molecule has 3 heteroatoms. The highest BCUT2D eigenvalue weighted by Gasteiger charge is 2.29. The van der Waals surface area contributed by atoms with E-state index in [4.69, 9.17) is 16.3 Å². The molecule has 1 fully saturated rings. The number of hydrogen-bond donors (Lipinski definition) is 1. The fourth-order valence-corrected chi connectivity index (χ4v) is 3.53. The first-order valence-corrected chi connectivity index (χ1v) is 8.35. The smallest absolute Gasteiger partial charge is 0.137 e. The molecule has 2 rings (SSSR count). The van der Waals surface area contributed by atoms with E-state index in [-0.39, 0.29) is 0 Å². The van der Waals surface area contributed by atoms with Crippen LogP contribution in [0.4, 0.5) is 5.69 Å². The van der Waals surface area contributed by atoms with Crippen LogP contribution >= 0.6 is 11.6 Å². The Kier molecular flexibility index (Phi) is 5.43. The zero-order chi connectivity index (χ0) is 15.5. The number of anilines is 1. The average molecular weight is 310 g/mol. The van der Waals surface area contributed by atoms with Crippen LogP contribution in [0.25, 0.3) is 0 Å². The van der Waals surface area contributed by atoms with Crippen molar-refractivity contribution >= 4 is 17.3 Å². The van der Waals surface area contributed by atoms with Gasteiger partial charge in [-0.25, -0.2) is 0 Å². The van der Waals surface area contributed by atoms with E-state index in [2.05, 4.69) is 26.1 Å². The average Bonchev–Trinajstić information content (AvgIpc) is 2.45. The van der Waals surface area contributed by atoms with Crippen LogP contribution in [0.2, 0.25) is 5.02 Å². The molecule has 0 atom stereocenters. The predicted molar refractivity (Wildman–Crippen MR) is 91.4 cm³/mol. The Morgan fingerprint density at radius 2 is 1.86 bits per heavy atom. The van der Waals surface area contributed by atoms with Crippen LogP contribution in [0, 0.1) is 17.3 Å². The van der Waals surface area contributed by atoms with Gasteiger partial charge in [-0.05, 0) is 61.1 Å². The van der Waals surface area contributed by atoms with E-state index in [1.807, 2.05) is 18.2 Å². The third kappa shape index (κ3) is 4.54. The lowest BCUT2D eigenvalue weighted by atomic mass is 9.70. The van der Waals surface area contributed by atoms with Crippen molar-refractivity contribution in [2.75, 3.05) is 19.0 Å². The van der Waals surface area contributed by atoms with Crippen molar-refractivity contribution in [3.63, 3.8) is 0 Å². The second-order valence-electron chi connectivity index (χ2n) is 7.31. The zero-order valence-corrected chi connectivity index (χ0v) is 14.5. The standard InChI is InChI=1S/C18H28ClNO/c1-18(2,3)14-7-5-13(6-8-14)12-20-15-9-10-17(21-4)16(19)11-15/h9-11,13-14,20H,5-8,12H2,1-4H3. The third-order valence-electron chi connectivity index (χ3n) is 4.82. The molecular weight excluding hydrogens is 282 g/mol. The first-order chi connectivity index (χ1) is 9.90. The van der Waals surface area contributed by atoms with Crippen molar-refractivity contribution in [2.45, 2.75) is 46.5 Å². The summed E-state index contributed by atoms with van der Waals surface area (Å²) in [5.74, 6) is 2.39. The van der Waals surface area contributed by atoms with E-state index < -0.39 is 0 Å². The lowest BCUT2D eigenvalue weighted by molar-refractivity contribution is 0.153. The summed E-state index contributed by atoms with van der Waals surface area (Å²) in [7, 11) is 1.64. The summed E-state index contributed by atoms with van der Waals surface area (Å²) in [5.41, 5.74) is 1.54. The van der Waals surface area contributed by atoms with Gasteiger partial charge in [0, 0.05) is 12.2 Å². The molecule has 0 radical (unpaired) electrons. The molecular formula is C18H28ClNO. The zero-order valence-electron chi connectivity index (χ0n) is 13.7. The quantitative estimate of drug-likeness (QED) is 0.780. The summed E-state index contributed by atoms with van der Waals surface area (Å²) in [5, 5.41) is 4.19. The maximum absolute atomic E-state index is 6.16. The van der Waals surface area contributed by atoms with Crippen molar-refractivity contribution in [3.05, 3.63) is 23.2 Å². The largest absolute Gasteiger partial charge is 0.495 e. The molecule has 2 nitrogen and oxygen atoms in total. The maximum atomic E-state index is 6.16. The number of methoxy groups -OCH3 is 1. The maximum Gasteiger partial charge on any atom is 0.137 e. The molecule has 1 aromatic carbocycles. The molecule has 0 bridgehead atoms. The lowest BCUT2D eigenvalue weighted by Gasteiger charge is -2.37. The lowest BCUT2D eigenvalue weighted by Crippen LogP contribution is -2.28. The van der Waals surface area contributed by atoms with Gasteiger partial charge in [-0.1, -0.05) is 32.4 Å². The normalized spacial score (nSPS) is 22.9. The first kappa shape index (κ1) is 16.5. The summed E-state index contributed by atoms with van der Waals surface area (Å²) >= 11 is 6.16. The van der Waals surface area contributed by atoms with Gasteiger partial charge in [-0.2, -0.15) is 0 Å². The molecule has 1 N–H and O–H groups in total. The summed E-state index contributed by atoms with van der Waals surface area (Å²) in [6, 6.07) is 5.90. The van der Waals surface area contributed by atoms with Crippen LogP contribution in [0.5, 0.6) is 5.75 Å². The Bertz CT molecular complexity index is 459. The molecule has 1 saturated carbocycles. The molecule has 0 aromatic heterocycles. The molecule has 0 saturated heterocycles. The van der Waals surface area contributed by atoms with Crippen molar-refractivity contribution in [1.29, 1.82) is 0 Å². The van der Waals surface area contributed by atoms with E-state index in [1.165, 1.54) is 25.7 Å². The SMILES string of the molecule is COc1ccc(NCC2CCC(C(C)(C)C)CC2)cc1Cl. The highest BCUT2D eigenvalue weighted by atomic mass is 35.5. The summed E-state index contributed by atoms with van der Waals surface area (Å²) in [6.07, 6.45) is 5.38. The van der Waals surface area contributed by atoms with Gasteiger partial charge < -0.3 is 10.1 Å². The molecule has 118 valence electrons. The Balaban J connectivity index is 1.81. The second-order valence-corrected chi connectivity index (χ2v) is 7.72. The molecule has 21 heavy (non-hydrogen) atoms. The molecule has 0 unspecified atom stereocenters. The Morgan fingerprint density at radius 1 is 1.19 bits per heavy atom. The van der Waals surface area contributed by atoms with E-state index in [1.54, 1.807) is 7.11 Å². The van der Waals surface area contributed by atoms with E-state index in [9.17, 15) is 0 Å².